The van der Waals surface area contributed by atoms with Gasteiger partial charge in [-0.25, -0.2) is 8.42 Å². The fraction of sp³-hybridized carbons (Fsp3) is 0.400. The first kappa shape index (κ1) is 11.6. The van der Waals surface area contributed by atoms with Gasteiger partial charge in [-0.2, -0.15) is 0 Å². The molecular weight excluding hydrogens is 216 g/mol. The van der Waals surface area contributed by atoms with Crippen molar-refractivity contribution >= 4 is 19.7 Å². The van der Waals surface area contributed by atoms with Gasteiger partial charge in [0.25, 0.3) is 0 Å². The van der Waals surface area contributed by atoms with E-state index in [-0.39, 0.29) is 0 Å². The number of hydrogen-bond acceptors (Lipinski definition) is 3. The van der Waals surface area contributed by atoms with Crippen LogP contribution >= 0.6 is 10.8 Å². The van der Waals surface area contributed by atoms with Crippen LogP contribution in [0.1, 0.15) is 16.7 Å². The standard InChI is InChI=1S/C10H14O2S2/c1-7-5-8(2)10(9(3)6-7)13-14(4,11)12/h5-6H,1-4H3. The van der Waals surface area contributed by atoms with E-state index < -0.39 is 8.87 Å². The first-order valence-electron chi connectivity index (χ1n) is 4.27. The Labute approximate surface area is 89.0 Å². The molecule has 0 saturated heterocycles. The zero-order valence-corrected chi connectivity index (χ0v) is 10.4. The third-order valence-corrected chi connectivity index (χ3v) is 4.36. The first-order valence-corrected chi connectivity index (χ1v) is 7.49. The van der Waals surface area contributed by atoms with Crippen molar-refractivity contribution < 1.29 is 8.42 Å². The van der Waals surface area contributed by atoms with Crippen LogP contribution in [0.25, 0.3) is 0 Å². The highest BCUT2D eigenvalue weighted by Gasteiger charge is 2.11. The van der Waals surface area contributed by atoms with E-state index in [1.807, 2.05) is 32.9 Å². The Bertz CT molecular complexity index is 424. The molecule has 2 nitrogen and oxygen atoms in total. The summed E-state index contributed by atoms with van der Waals surface area (Å²) in [5, 5.41) is 0. The minimum atomic E-state index is -3.02. The second kappa shape index (κ2) is 3.95. The van der Waals surface area contributed by atoms with E-state index in [2.05, 4.69) is 0 Å². The Balaban J connectivity index is 3.22. The lowest BCUT2D eigenvalue weighted by Crippen LogP contribution is -1.93. The molecule has 1 aromatic rings. The summed E-state index contributed by atoms with van der Waals surface area (Å²) < 4.78 is 22.3. The summed E-state index contributed by atoms with van der Waals surface area (Å²) in [6, 6.07) is 4.00. The van der Waals surface area contributed by atoms with Crippen LogP contribution in [0.15, 0.2) is 17.0 Å². The van der Waals surface area contributed by atoms with E-state index in [9.17, 15) is 8.42 Å². The molecule has 14 heavy (non-hydrogen) atoms. The molecule has 78 valence electrons. The molecule has 4 heteroatoms. The summed E-state index contributed by atoms with van der Waals surface area (Å²) >= 11 is 0. The molecule has 1 aromatic carbocycles. The third-order valence-electron chi connectivity index (χ3n) is 1.84. The third kappa shape index (κ3) is 3.03. The second-order valence-corrected chi connectivity index (χ2v) is 7.81. The molecule has 0 aliphatic rings. The van der Waals surface area contributed by atoms with Crippen molar-refractivity contribution in [2.24, 2.45) is 0 Å². The Morgan fingerprint density at radius 1 is 1.07 bits per heavy atom. The molecule has 0 bridgehead atoms. The van der Waals surface area contributed by atoms with Gasteiger partial charge in [-0.3, -0.25) is 0 Å². The van der Waals surface area contributed by atoms with Crippen LogP contribution in [-0.4, -0.2) is 14.7 Å². The number of hydrogen-bond donors (Lipinski definition) is 0. The van der Waals surface area contributed by atoms with E-state index in [1.165, 1.54) is 6.26 Å². The Morgan fingerprint density at radius 2 is 1.50 bits per heavy atom. The molecule has 0 aromatic heterocycles. The van der Waals surface area contributed by atoms with Crippen LogP contribution in [-0.2, 0) is 8.87 Å². The van der Waals surface area contributed by atoms with Gasteiger partial charge in [0.05, 0.1) is 0 Å². The highest BCUT2D eigenvalue weighted by atomic mass is 33.1. The fourth-order valence-corrected chi connectivity index (χ4v) is 3.83. The molecular formula is C10H14O2S2. The summed E-state index contributed by atoms with van der Waals surface area (Å²) in [5.74, 6) is 0. The zero-order valence-electron chi connectivity index (χ0n) is 8.79. The molecule has 0 saturated carbocycles. The molecule has 0 radical (unpaired) electrons. The molecule has 0 N–H and O–H groups in total. The van der Waals surface area contributed by atoms with Gasteiger partial charge in [0.2, 0.25) is 8.87 Å². The van der Waals surface area contributed by atoms with Crippen LogP contribution < -0.4 is 0 Å². The Morgan fingerprint density at radius 3 is 1.86 bits per heavy atom. The summed E-state index contributed by atoms with van der Waals surface area (Å²) in [5.41, 5.74) is 3.22. The SMILES string of the molecule is Cc1cc(C)c(SS(C)(=O)=O)c(C)c1. The average Bonchev–Trinajstić information content (AvgIpc) is 1.95. The molecule has 0 aliphatic heterocycles. The maximum Gasteiger partial charge on any atom is 0.203 e. The summed E-state index contributed by atoms with van der Waals surface area (Å²) in [4.78, 5) is 0.859. The van der Waals surface area contributed by atoms with Crippen molar-refractivity contribution in [2.75, 3.05) is 6.26 Å². The molecule has 0 fully saturated rings. The van der Waals surface area contributed by atoms with E-state index >= 15 is 0 Å². The van der Waals surface area contributed by atoms with E-state index in [4.69, 9.17) is 0 Å². The Hall–Kier alpha value is -0.480. The van der Waals surface area contributed by atoms with Gasteiger partial charge < -0.3 is 0 Å². The average molecular weight is 230 g/mol. The van der Waals surface area contributed by atoms with Gasteiger partial charge in [-0.1, -0.05) is 17.7 Å². The van der Waals surface area contributed by atoms with Crippen molar-refractivity contribution in [3.63, 3.8) is 0 Å². The Kier molecular flexibility index (Phi) is 3.27. The van der Waals surface area contributed by atoms with Crippen molar-refractivity contribution in [1.29, 1.82) is 0 Å². The maximum atomic E-state index is 11.2. The smallest absolute Gasteiger partial charge is 0.203 e. The van der Waals surface area contributed by atoms with Crippen molar-refractivity contribution in [2.45, 2.75) is 25.7 Å². The topological polar surface area (TPSA) is 34.1 Å². The van der Waals surface area contributed by atoms with E-state index in [0.29, 0.717) is 0 Å². The molecule has 0 spiro atoms. The molecule has 0 unspecified atom stereocenters. The second-order valence-electron chi connectivity index (χ2n) is 3.52. The summed E-state index contributed by atoms with van der Waals surface area (Å²) in [6.45, 7) is 5.88. The largest absolute Gasteiger partial charge is 0.217 e. The summed E-state index contributed by atoms with van der Waals surface area (Å²) in [6.07, 6.45) is 1.23. The predicted molar refractivity (Wildman–Crippen MR) is 61.4 cm³/mol. The van der Waals surface area contributed by atoms with Gasteiger partial charge in [0.1, 0.15) is 0 Å². The quantitative estimate of drug-likeness (QED) is 0.732. The molecule has 0 aliphatic carbocycles. The van der Waals surface area contributed by atoms with Gasteiger partial charge in [0, 0.05) is 21.9 Å². The lowest BCUT2D eigenvalue weighted by Gasteiger charge is -2.08. The van der Waals surface area contributed by atoms with E-state index in [1.54, 1.807) is 0 Å². The van der Waals surface area contributed by atoms with E-state index in [0.717, 1.165) is 32.4 Å². The normalized spacial score (nSPS) is 11.7. The first-order chi connectivity index (χ1) is 6.29. The van der Waals surface area contributed by atoms with Gasteiger partial charge >= 0.3 is 0 Å². The lowest BCUT2D eigenvalue weighted by molar-refractivity contribution is 0.615. The highest BCUT2D eigenvalue weighted by molar-refractivity contribution is 8.71. The van der Waals surface area contributed by atoms with Crippen LogP contribution in [0, 0.1) is 20.8 Å². The van der Waals surface area contributed by atoms with Crippen LogP contribution in [0.5, 0.6) is 0 Å². The van der Waals surface area contributed by atoms with Crippen LogP contribution in [0.3, 0.4) is 0 Å². The van der Waals surface area contributed by atoms with Crippen molar-refractivity contribution in [3.05, 3.63) is 28.8 Å². The number of aryl methyl sites for hydroxylation is 3. The monoisotopic (exact) mass is 230 g/mol. The van der Waals surface area contributed by atoms with Crippen molar-refractivity contribution in [1.82, 2.24) is 0 Å². The maximum absolute atomic E-state index is 11.2. The molecule has 0 atom stereocenters. The van der Waals surface area contributed by atoms with Gasteiger partial charge in [-0.05, 0) is 31.9 Å². The lowest BCUT2D eigenvalue weighted by atomic mass is 10.1. The zero-order chi connectivity index (χ0) is 10.9. The molecule has 1 rings (SSSR count). The predicted octanol–water partition coefficient (Wildman–Crippen LogP) is 2.66. The highest BCUT2D eigenvalue weighted by Crippen LogP contribution is 2.30. The van der Waals surface area contributed by atoms with Crippen molar-refractivity contribution in [3.8, 4) is 0 Å². The molecule has 0 amide bonds. The minimum Gasteiger partial charge on any atom is -0.217 e. The molecule has 0 heterocycles. The van der Waals surface area contributed by atoms with Gasteiger partial charge in [-0.15, -0.1) is 0 Å². The summed E-state index contributed by atoms with van der Waals surface area (Å²) in [7, 11) is -2.08. The van der Waals surface area contributed by atoms with Crippen LogP contribution in [0.2, 0.25) is 0 Å². The van der Waals surface area contributed by atoms with Crippen LogP contribution in [0.4, 0.5) is 0 Å². The number of benzene rings is 1. The minimum absolute atomic E-state index is 0.859. The number of rotatable bonds is 2. The van der Waals surface area contributed by atoms with Gasteiger partial charge in [0.15, 0.2) is 0 Å². The fourth-order valence-electron chi connectivity index (χ4n) is 1.45.